The Morgan fingerprint density at radius 2 is 2.08 bits per heavy atom. The van der Waals surface area contributed by atoms with Crippen molar-refractivity contribution in [3.05, 3.63) is 29.3 Å². The van der Waals surface area contributed by atoms with Gasteiger partial charge in [0.1, 0.15) is 5.75 Å². The summed E-state index contributed by atoms with van der Waals surface area (Å²) in [4.78, 5) is 12.3. The molecule has 3 rings (SSSR count). The Balaban J connectivity index is 1.54. The number of aliphatic hydroxyl groups excluding tert-OH is 1. The van der Waals surface area contributed by atoms with Crippen molar-refractivity contribution in [2.24, 2.45) is 11.8 Å². The Morgan fingerprint density at radius 3 is 2.75 bits per heavy atom. The summed E-state index contributed by atoms with van der Waals surface area (Å²) in [5, 5.41) is 16.7. The third kappa shape index (κ3) is 4.62. The molecule has 1 amide bonds. The van der Waals surface area contributed by atoms with E-state index in [1.54, 1.807) is 24.3 Å². The number of piperidine rings is 1. The standard InChI is InChI=1S/C18H25ClN2O3/c19-14-2-1-3-16(10-14)24-11-17(23)21-18(13-8-15(22)9-13)12-4-6-20-7-5-12/h1-3,10,12-13,15,18,20,22H,4-9,11H2,(H,21,23)/t13?,15?,18-/m1/s1. The molecule has 1 aromatic rings. The van der Waals surface area contributed by atoms with Crippen LogP contribution in [0.25, 0.3) is 0 Å². The lowest BCUT2D eigenvalue weighted by Crippen LogP contribution is -2.53. The minimum Gasteiger partial charge on any atom is -0.484 e. The highest BCUT2D eigenvalue weighted by molar-refractivity contribution is 6.30. The predicted octanol–water partition coefficient (Wildman–Crippen LogP) is 1.97. The van der Waals surface area contributed by atoms with Crippen molar-refractivity contribution < 1.29 is 14.6 Å². The van der Waals surface area contributed by atoms with Gasteiger partial charge in [-0.2, -0.15) is 0 Å². The van der Waals surface area contributed by atoms with E-state index in [-0.39, 0.29) is 24.7 Å². The summed E-state index contributed by atoms with van der Waals surface area (Å²) in [6, 6.07) is 7.17. The molecule has 1 heterocycles. The number of rotatable bonds is 6. The van der Waals surface area contributed by atoms with Gasteiger partial charge in [0.25, 0.3) is 5.91 Å². The third-order valence-electron chi connectivity index (χ3n) is 5.04. The van der Waals surface area contributed by atoms with Gasteiger partial charge in [-0.15, -0.1) is 0 Å². The summed E-state index contributed by atoms with van der Waals surface area (Å²) in [5.41, 5.74) is 0. The fourth-order valence-electron chi connectivity index (χ4n) is 3.68. The zero-order chi connectivity index (χ0) is 16.9. The monoisotopic (exact) mass is 352 g/mol. The van der Waals surface area contributed by atoms with Crippen molar-refractivity contribution in [2.45, 2.75) is 37.8 Å². The molecule has 1 saturated heterocycles. The van der Waals surface area contributed by atoms with Crippen LogP contribution in [0.2, 0.25) is 5.02 Å². The van der Waals surface area contributed by atoms with Crippen LogP contribution in [0.15, 0.2) is 24.3 Å². The first kappa shape index (κ1) is 17.5. The van der Waals surface area contributed by atoms with Gasteiger partial charge in [-0.25, -0.2) is 0 Å². The van der Waals surface area contributed by atoms with Crippen LogP contribution in [0.3, 0.4) is 0 Å². The molecule has 1 aromatic carbocycles. The Bertz CT molecular complexity index is 557. The molecule has 1 aliphatic heterocycles. The van der Waals surface area contributed by atoms with Crippen molar-refractivity contribution >= 4 is 17.5 Å². The second-order valence-corrected chi connectivity index (χ2v) is 7.25. The Kier molecular flexibility index (Phi) is 5.98. The SMILES string of the molecule is O=C(COc1cccc(Cl)c1)N[C@H](C1CCNCC1)C1CC(O)C1. The summed E-state index contributed by atoms with van der Waals surface area (Å²) < 4.78 is 5.53. The summed E-state index contributed by atoms with van der Waals surface area (Å²) >= 11 is 5.92. The molecule has 0 aromatic heterocycles. The molecule has 0 radical (unpaired) electrons. The first-order valence-electron chi connectivity index (χ1n) is 8.68. The smallest absolute Gasteiger partial charge is 0.258 e. The van der Waals surface area contributed by atoms with E-state index in [0.29, 0.717) is 22.6 Å². The van der Waals surface area contributed by atoms with Crippen LogP contribution in [-0.4, -0.2) is 42.9 Å². The minimum absolute atomic E-state index is 0.0168. The number of nitrogens with one attached hydrogen (secondary N) is 2. The van der Waals surface area contributed by atoms with E-state index in [2.05, 4.69) is 10.6 Å². The molecule has 3 N–H and O–H groups in total. The number of hydrogen-bond donors (Lipinski definition) is 3. The van der Waals surface area contributed by atoms with Gasteiger partial charge in [-0.05, 0) is 68.8 Å². The van der Waals surface area contributed by atoms with E-state index in [0.717, 1.165) is 38.8 Å². The van der Waals surface area contributed by atoms with Gasteiger partial charge in [0.2, 0.25) is 0 Å². The van der Waals surface area contributed by atoms with Gasteiger partial charge in [0.05, 0.1) is 6.10 Å². The number of ether oxygens (including phenoxy) is 1. The van der Waals surface area contributed by atoms with E-state index >= 15 is 0 Å². The van der Waals surface area contributed by atoms with Crippen molar-refractivity contribution in [2.75, 3.05) is 19.7 Å². The zero-order valence-corrected chi connectivity index (χ0v) is 14.5. The van der Waals surface area contributed by atoms with Gasteiger partial charge in [-0.3, -0.25) is 4.79 Å². The summed E-state index contributed by atoms with van der Waals surface area (Å²) in [6.07, 6.45) is 3.48. The van der Waals surface area contributed by atoms with Crippen LogP contribution >= 0.6 is 11.6 Å². The summed E-state index contributed by atoms with van der Waals surface area (Å²) in [6.45, 7) is 1.97. The number of hydrogen-bond acceptors (Lipinski definition) is 4. The average Bonchev–Trinajstić information content (AvgIpc) is 2.56. The molecule has 0 spiro atoms. The molecule has 6 heteroatoms. The predicted molar refractivity (Wildman–Crippen MR) is 93.2 cm³/mol. The molecule has 2 fully saturated rings. The number of amides is 1. The van der Waals surface area contributed by atoms with Gasteiger partial charge in [0.15, 0.2) is 6.61 Å². The molecule has 1 aliphatic carbocycles. The van der Waals surface area contributed by atoms with Crippen LogP contribution in [-0.2, 0) is 4.79 Å². The number of aliphatic hydroxyl groups is 1. The first-order chi connectivity index (χ1) is 11.6. The molecule has 132 valence electrons. The number of benzene rings is 1. The maximum atomic E-state index is 12.3. The number of carbonyl (C=O) groups is 1. The fourth-order valence-corrected chi connectivity index (χ4v) is 3.86. The van der Waals surface area contributed by atoms with E-state index in [1.807, 2.05) is 0 Å². The number of halogens is 1. The van der Waals surface area contributed by atoms with Crippen molar-refractivity contribution in [3.63, 3.8) is 0 Å². The molecule has 0 unspecified atom stereocenters. The van der Waals surface area contributed by atoms with Crippen molar-refractivity contribution in [3.8, 4) is 5.75 Å². The van der Waals surface area contributed by atoms with Crippen LogP contribution in [0.1, 0.15) is 25.7 Å². The lowest BCUT2D eigenvalue weighted by molar-refractivity contribution is -0.125. The van der Waals surface area contributed by atoms with Gasteiger partial charge in [0, 0.05) is 11.1 Å². The molecule has 24 heavy (non-hydrogen) atoms. The largest absolute Gasteiger partial charge is 0.484 e. The summed E-state index contributed by atoms with van der Waals surface area (Å²) in [5.74, 6) is 1.33. The van der Waals surface area contributed by atoms with Gasteiger partial charge < -0.3 is 20.5 Å². The molecular weight excluding hydrogens is 328 g/mol. The van der Waals surface area contributed by atoms with Crippen LogP contribution in [0.4, 0.5) is 0 Å². The van der Waals surface area contributed by atoms with Gasteiger partial charge in [-0.1, -0.05) is 17.7 Å². The molecule has 1 saturated carbocycles. The van der Waals surface area contributed by atoms with Crippen molar-refractivity contribution in [1.82, 2.24) is 10.6 Å². The molecular formula is C18H25ClN2O3. The Morgan fingerprint density at radius 1 is 1.33 bits per heavy atom. The van der Waals surface area contributed by atoms with Crippen LogP contribution in [0.5, 0.6) is 5.75 Å². The Hall–Kier alpha value is -1.30. The molecule has 5 nitrogen and oxygen atoms in total. The van der Waals surface area contributed by atoms with Crippen LogP contribution < -0.4 is 15.4 Å². The average molecular weight is 353 g/mol. The van der Waals surface area contributed by atoms with E-state index in [9.17, 15) is 9.90 Å². The van der Waals surface area contributed by atoms with Crippen molar-refractivity contribution in [1.29, 1.82) is 0 Å². The van der Waals surface area contributed by atoms with E-state index in [1.165, 1.54) is 0 Å². The maximum Gasteiger partial charge on any atom is 0.258 e. The number of carbonyl (C=O) groups excluding carboxylic acids is 1. The normalized spacial score (nSPS) is 25.6. The Labute approximate surface area is 147 Å². The highest BCUT2D eigenvalue weighted by Gasteiger charge is 2.39. The first-order valence-corrected chi connectivity index (χ1v) is 9.06. The van der Waals surface area contributed by atoms with E-state index < -0.39 is 0 Å². The zero-order valence-electron chi connectivity index (χ0n) is 13.7. The molecule has 0 bridgehead atoms. The molecule has 1 atom stereocenters. The second-order valence-electron chi connectivity index (χ2n) is 6.81. The van der Waals surface area contributed by atoms with E-state index in [4.69, 9.17) is 16.3 Å². The lowest BCUT2D eigenvalue weighted by Gasteiger charge is -2.43. The highest BCUT2D eigenvalue weighted by atomic mass is 35.5. The quantitative estimate of drug-likeness (QED) is 0.732. The second kappa shape index (κ2) is 8.19. The fraction of sp³-hybridized carbons (Fsp3) is 0.611. The lowest BCUT2D eigenvalue weighted by atomic mass is 9.71. The van der Waals surface area contributed by atoms with Gasteiger partial charge >= 0.3 is 0 Å². The summed E-state index contributed by atoms with van der Waals surface area (Å²) in [7, 11) is 0. The minimum atomic E-state index is -0.209. The van der Waals surface area contributed by atoms with Crippen LogP contribution in [0, 0.1) is 11.8 Å². The molecule has 2 aliphatic rings. The highest BCUT2D eigenvalue weighted by Crippen LogP contribution is 2.35. The topological polar surface area (TPSA) is 70.6 Å². The third-order valence-corrected chi connectivity index (χ3v) is 5.28. The maximum absolute atomic E-state index is 12.3.